The molecule has 0 unspecified atom stereocenters. The van der Waals surface area contributed by atoms with Crippen LogP contribution in [0.25, 0.3) is 0 Å². The van der Waals surface area contributed by atoms with Gasteiger partial charge in [0, 0.05) is 11.4 Å². The molecule has 2 N–H and O–H groups in total. The number of amides is 1. The molecule has 6 nitrogen and oxygen atoms in total. The number of rotatable bonds is 9. The van der Waals surface area contributed by atoms with E-state index in [0.29, 0.717) is 22.9 Å². The van der Waals surface area contributed by atoms with Crippen molar-refractivity contribution in [1.82, 2.24) is 0 Å². The summed E-state index contributed by atoms with van der Waals surface area (Å²) in [7, 11) is -2.11. The number of anilines is 2. The zero-order chi connectivity index (χ0) is 23.1. The summed E-state index contributed by atoms with van der Waals surface area (Å²) in [4.78, 5) is 12.4. The molecule has 0 spiro atoms. The maximum absolute atomic E-state index is 12.7. The van der Waals surface area contributed by atoms with Crippen molar-refractivity contribution in [2.75, 3.05) is 22.9 Å². The van der Waals surface area contributed by atoms with Crippen molar-refractivity contribution in [3.05, 3.63) is 83.4 Å². The molecule has 1 amide bonds. The van der Waals surface area contributed by atoms with E-state index < -0.39 is 10.0 Å². The van der Waals surface area contributed by atoms with E-state index in [1.807, 2.05) is 56.3 Å². The Morgan fingerprint density at radius 3 is 2.16 bits per heavy atom. The topological polar surface area (TPSA) is 84.5 Å². The van der Waals surface area contributed by atoms with Gasteiger partial charge in [-0.25, -0.2) is 8.42 Å². The van der Waals surface area contributed by atoms with Gasteiger partial charge in [-0.15, -0.1) is 11.8 Å². The molecule has 0 saturated heterocycles. The molecule has 0 aliphatic rings. The molecular formula is C24H26N2O4S2. The molecule has 0 fully saturated rings. The van der Waals surface area contributed by atoms with Crippen LogP contribution >= 0.6 is 11.8 Å². The summed E-state index contributed by atoms with van der Waals surface area (Å²) in [5.74, 6) is 1.65. The Bertz CT molecular complexity index is 1160. The van der Waals surface area contributed by atoms with Crippen molar-refractivity contribution in [2.24, 2.45) is 0 Å². The first-order valence-electron chi connectivity index (χ1n) is 9.98. The fourth-order valence-corrected chi connectivity index (χ4v) is 5.06. The number of carbonyl (C=O) groups excluding carboxylic acids is 1. The van der Waals surface area contributed by atoms with E-state index in [9.17, 15) is 13.2 Å². The Hall–Kier alpha value is -2.97. The highest BCUT2D eigenvalue weighted by molar-refractivity contribution is 7.99. The molecule has 3 aromatic rings. The van der Waals surface area contributed by atoms with Crippen molar-refractivity contribution < 1.29 is 17.9 Å². The molecule has 0 aromatic heterocycles. The van der Waals surface area contributed by atoms with Crippen LogP contribution in [0.5, 0.6) is 5.75 Å². The highest BCUT2D eigenvalue weighted by Crippen LogP contribution is 2.24. The van der Waals surface area contributed by atoms with Crippen LogP contribution < -0.4 is 14.8 Å². The van der Waals surface area contributed by atoms with Gasteiger partial charge in [0.05, 0.1) is 23.4 Å². The van der Waals surface area contributed by atoms with Crippen molar-refractivity contribution in [1.29, 1.82) is 0 Å². The number of para-hydroxylation sites is 1. The van der Waals surface area contributed by atoms with Gasteiger partial charge in [0.15, 0.2) is 0 Å². The molecule has 0 heterocycles. The second-order valence-electron chi connectivity index (χ2n) is 7.29. The first-order valence-corrected chi connectivity index (χ1v) is 12.6. The van der Waals surface area contributed by atoms with E-state index in [2.05, 4.69) is 10.0 Å². The van der Waals surface area contributed by atoms with Crippen LogP contribution in [0, 0.1) is 13.8 Å². The fourth-order valence-electron chi connectivity index (χ4n) is 3.07. The fraction of sp³-hybridized carbons (Fsp3) is 0.208. The predicted octanol–water partition coefficient (Wildman–Crippen LogP) is 4.98. The van der Waals surface area contributed by atoms with Gasteiger partial charge in [-0.1, -0.05) is 30.3 Å². The standard InChI is InChI=1S/C24H26N2O4S2/c1-17-5-4-6-18(2)24(17)26-32(28,29)22-13-9-20(10-14-22)25-23(27)16-31-15-19-7-11-21(30-3)12-8-19/h4-14,26H,15-16H2,1-3H3,(H,25,27). The second-order valence-corrected chi connectivity index (χ2v) is 9.95. The number of thioether (sulfide) groups is 1. The number of sulfonamides is 1. The molecule has 0 radical (unpaired) electrons. The smallest absolute Gasteiger partial charge is 0.261 e. The summed E-state index contributed by atoms with van der Waals surface area (Å²) >= 11 is 1.50. The molecule has 0 bridgehead atoms. The van der Waals surface area contributed by atoms with Crippen LogP contribution in [-0.2, 0) is 20.6 Å². The van der Waals surface area contributed by atoms with Crippen LogP contribution in [0.2, 0.25) is 0 Å². The van der Waals surface area contributed by atoms with Crippen LogP contribution in [-0.4, -0.2) is 27.2 Å². The zero-order valence-corrected chi connectivity index (χ0v) is 19.8. The number of hydrogen-bond donors (Lipinski definition) is 2. The van der Waals surface area contributed by atoms with Crippen LogP contribution in [0.15, 0.2) is 71.6 Å². The lowest BCUT2D eigenvalue weighted by Crippen LogP contribution is -2.16. The Morgan fingerprint density at radius 2 is 1.56 bits per heavy atom. The molecule has 0 aliphatic heterocycles. The first-order chi connectivity index (χ1) is 15.3. The van der Waals surface area contributed by atoms with E-state index >= 15 is 0 Å². The largest absolute Gasteiger partial charge is 0.497 e. The number of ether oxygens (including phenoxy) is 1. The Balaban J connectivity index is 1.54. The SMILES string of the molecule is COc1ccc(CSCC(=O)Nc2ccc(S(=O)(=O)Nc3c(C)cccc3C)cc2)cc1. The molecule has 32 heavy (non-hydrogen) atoms. The molecule has 0 saturated carbocycles. The summed E-state index contributed by atoms with van der Waals surface area (Å²) < 4.78 is 33.3. The lowest BCUT2D eigenvalue weighted by molar-refractivity contribution is -0.113. The van der Waals surface area contributed by atoms with E-state index in [1.165, 1.54) is 23.9 Å². The molecular weight excluding hydrogens is 444 g/mol. The minimum absolute atomic E-state index is 0.132. The minimum atomic E-state index is -3.73. The lowest BCUT2D eigenvalue weighted by atomic mass is 10.1. The Kier molecular flexibility index (Phi) is 7.82. The van der Waals surface area contributed by atoms with Crippen molar-refractivity contribution >= 4 is 39.1 Å². The van der Waals surface area contributed by atoms with E-state index in [4.69, 9.17) is 4.74 Å². The monoisotopic (exact) mass is 470 g/mol. The van der Waals surface area contributed by atoms with Gasteiger partial charge in [0.2, 0.25) is 5.91 Å². The summed E-state index contributed by atoms with van der Waals surface area (Å²) in [6.07, 6.45) is 0. The van der Waals surface area contributed by atoms with Crippen molar-refractivity contribution in [3.63, 3.8) is 0 Å². The average molecular weight is 471 g/mol. The predicted molar refractivity (Wildman–Crippen MR) is 131 cm³/mol. The van der Waals surface area contributed by atoms with E-state index in [-0.39, 0.29) is 10.8 Å². The van der Waals surface area contributed by atoms with Gasteiger partial charge in [0.25, 0.3) is 10.0 Å². The first kappa shape index (κ1) is 23.7. The Morgan fingerprint density at radius 1 is 0.938 bits per heavy atom. The number of carbonyl (C=O) groups is 1. The second kappa shape index (κ2) is 10.6. The van der Waals surface area contributed by atoms with Crippen molar-refractivity contribution in [2.45, 2.75) is 24.5 Å². The number of nitrogens with one attached hydrogen (secondary N) is 2. The van der Waals surface area contributed by atoms with Crippen LogP contribution in [0.4, 0.5) is 11.4 Å². The lowest BCUT2D eigenvalue weighted by Gasteiger charge is -2.13. The normalized spacial score (nSPS) is 11.1. The quantitative estimate of drug-likeness (QED) is 0.461. The summed E-state index contributed by atoms with van der Waals surface area (Å²) in [6.45, 7) is 3.71. The minimum Gasteiger partial charge on any atom is -0.497 e. The van der Waals surface area contributed by atoms with Gasteiger partial charge in [0.1, 0.15) is 5.75 Å². The third-order valence-electron chi connectivity index (χ3n) is 4.83. The number of hydrogen-bond acceptors (Lipinski definition) is 5. The Labute approximate surface area is 193 Å². The van der Waals surface area contributed by atoms with Gasteiger partial charge < -0.3 is 10.1 Å². The average Bonchev–Trinajstić information content (AvgIpc) is 2.77. The molecule has 3 aromatic carbocycles. The molecule has 0 atom stereocenters. The number of methoxy groups -OCH3 is 1. The number of benzene rings is 3. The summed E-state index contributed by atoms with van der Waals surface area (Å²) in [5, 5.41) is 2.80. The third kappa shape index (κ3) is 6.27. The van der Waals surface area contributed by atoms with Gasteiger partial charge in [-0.05, 0) is 66.9 Å². The van der Waals surface area contributed by atoms with Gasteiger partial charge in [-0.2, -0.15) is 0 Å². The van der Waals surface area contributed by atoms with Gasteiger partial charge >= 0.3 is 0 Å². The maximum atomic E-state index is 12.7. The molecule has 168 valence electrons. The molecule has 8 heteroatoms. The highest BCUT2D eigenvalue weighted by Gasteiger charge is 2.16. The van der Waals surface area contributed by atoms with E-state index in [1.54, 1.807) is 19.2 Å². The highest BCUT2D eigenvalue weighted by atomic mass is 32.2. The summed E-state index contributed by atoms with van der Waals surface area (Å²) in [5.41, 5.74) is 3.94. The van der Waals surface area contributed by atoms with Crippen LogP contribution in [0.3, 0.4) is 0 Å². The molecule has 0 aliphatic carbocycles. The third-order valence-corrected chi connectivity index (χ3v) is 7.20. The molecule has 3 rings (SSSR count). The summed E-state index contributed by atoms with van der Waals surface area (Å²) in [6, 6.07) is 19.5. The van der Waals surface area contributed by atoms with E-state index in [0.717, 1.165) is 22.4 Å². The van der Waals surface area contributed by atoms with Gasteiger partial charge in [-0.3, -0.25) is 9.52 Å². The number of aryl methyl sites for hydroxylation is 2. The zero-order valence-electron chi connectivity index (χ0n) is 18.2. The maximum Gasteiger partial charge on any atom is 0.261 e. The van der Waals surface area contributed by atoms with Crippen LogP contribution in [0.1, 0.15) is 16.7 Å². The van der Waals surface area contributed by atoms with Crippen molar-refractivity contribution in [3.8, 4) is 5.75 Å².